The number of halogens is 1. The lowest BCUT2D eigenvalue weighted by atomic mass is 9.96. The molecule has 0 spiro atoms. The van der Waals surface area contributed by atoms with Gasteiger partial charge in [-0.15, -0.1) is 11.3 Å². The molecule has 2 N–H and O–H groups in total. The third-order valence-electron chi connectivity index (χ3n) is 4.47. The molecule has 0 atom stereocenters. The van der Waals surface area contributed by atoms with E-state index in [-0.39, 0.29) is 23.5 Å². The van der Waals surface area contributed by atoms with Crippen LogP contribution in [0.25, 0.3) is 11.1 Å². The molecule has 2 aromatic rings. The van der Waals surface area contributed by atoms with Gasteiger partial charge in [0.25, 0.3) is 5.91 Å². The highest BCUT2D eigenvalue weighted by atomic mass is 32.1. The minimum atomic E-state index is -0.285. The first-order valence-electron chi connectivity index (χ1n) is 7.90. The van der Waals surface area contributed by atoms with Crippen molar-refractivity contribution in [3.05, 3.63) is 45.9 Å². The van der Waals surface area contributed by atoms with Crippen molar-refractivity contribution in [1.82, 2.24) is 4.90 Å². The number of nitrogens with two attached hydrogens (primary N) is 1. The van der Waals surface area contributed by atoms with E-state index in [1.165, 1.54) is 23.5 Å². The maximum absolute atomic E-state index is 13.1. The largest absolute Gasteiger partial charge is 0.369 e. The van der Waals surface area contributed by atoms with Crippen molar-refractivity contribution in [2.24, 2.45) is 11.7 Å². The van der Waals surface area contributed by atoms with Crippen LogP contribution < -0.4 is 5.73 Å². The quantitative estimate of drug-likeness (QED) is 0.927. The lowest BCUT2D eigenvalue weighted by Gasteiger charge is -2.30. The molecule has 4 nitrogen and oxygen atoms in total. The minimum Gasteiger partial charge on any atom is -0.369 e. The maximum atomic E-state index is 13.1. The van der Waals surface area contributed by atoms with Crippen molar-refractivity contribution in [2.45, 2.75) is 19.8 Å². The van der Waals surface area contributed by atoms with Crippen LogP contribution in [0, 0.1) is 18.7 Å². The minimum absolute atomic E-state index is 0.0145. The average molecular weight is 346 g/mol. The zero-order valence-corrected chi connectivity index (χ0v) is 14.2. The Morgan fingerprint density at radius 2 is 1.83 bits per heavy atom. The molecule has 1 aromatic heterocycles. The number of likely N-dealkylation sites (tertiary alicyclic amines) is 1. The number of amides is 2. The van der Waals surface area contributed by atoms with Gasteiger partial charge in [-0.25, -0.2) is 4.39 Å². The van der Waals surface area contributed by atoms with Crippen LogP contribution in [-0.4, -0.2) is 29.8 Å². The number of thiophene rings is 1. The zero-order chi connectivity index (χ0) is 17.3. The molecule has 2 heterocycles. The number of nitrogens with zero attached hydrogens (tertiary/aromatic N) is 1. The highest BCUT2D eigenvalue weighted by Crippen LogP contribution is 2.32. The predicted octanol–water partition coefficient (Wildman–Crippen LogP) is 3.20. The summed E-state index contributed by atoms with van der Waals surface area (Å²) in [7, 11) is 0. The molecule has 0 unspecified atom stereocenters. The number of benzene rings is 1. The molecule has 0 aliphatic carbocycles. The molecular weight excluding hydrogens is 327 g/mol. The van der Waals surface area contributed by atoms with E-state index in [0.29, 0.717) is 30.8 Å². The average Bonchev–Trinajstić information content (AvgIpc) is 2.97. The lowest BCUT2D eigenvalue weighted by Crippen LogP contribution is -2.41. The highest BCUT2D eigenvalue weighted by Gasteiger charge is 2.27. The summed E-state index contributed by atoms with van der Waals surface area (Å²) < 4.78 is 13.1. The summed E-state index contributed by atoms with van der Waals surface area (Å²) >= 11 is 1.45. The second kappa shape index (κ2) is 6.73. The Balaban J connectivity index is 1.76. The number of hydrogen-bond donors (Lipinski definition) is 1. The number of carbonyl (C=O) groups is 2. The Labute approximate surface area is 144 Å². The van der Waals surface area contributed by atoms with Gasteiger partial charge in [0.15, 0.2) is 0 Å². The van der Waals surface area contributed by atoms with Crippen LogP contribution in [0.1, 0.15) is 27.4 Å². The molecule has 0 radical (unpaired) electrons. The summed E-state index contributed by atoms with van der Waals surface area (Å²) in [5, 5.41) is 0. The van der Waals surface area contributed by atoms with E-state index in [1.54, 1.807) is 17.0 Å². The second-order valence-electron chi connectivity index (χ2n) is 6.06. The molecule has 1 aliphatic heterocycles. The summed E-state index contributed by atoms with van der Waals surface area (Å²) in [5.74, 6) is -0.707. The summed E-state index contributed by atoms with van der Waals surface area (Å²) in [4.78, 5) is 27.4. The van der Waals surface area contributed by atoms with Gasteiger partial charge >= 0.3 is 0 Å². The van der Waals surface area contributed by atoms with Crippen LogP contribution in [0.5, 0.6) is 0 Å². The Bertz CT molecular complexity index is 762. The van der Waals surface area contributed by atoms with Crippen LogP contribution in [0.2, 0.25) is 0 Å². The molecule has 6 heteroatoms. The van der Waals surface area contributed by atoms with Crippen LogP contribution in [-0.2, 0) is 4.79 Å². The van der Waals surface area contributed by atoms with Gasteiger partial charge in [-0.3, -0.25) is 9.59 Å². The fourth-order valence-corrected chi connectivity index (χ4v) is 4.04. The Morgan fingerprint density at radius 3 is 2.42 bits per heavy atom. The van der Waals surface area contributed by atoms with Crippen molar-refractivity contribution in [2.75, 3.05) is 13.1 Å². The smallest absolute Gasteiger partial charge is 0.263 e. The van der Waals surface area contributed by atoms with Gasteiger partial charge in [0.05, 0.1) is 4.88 Å². The Hall–Kier alpha value is -2.21. The SMILES string of the molecule is Cc1sc(C(=O)N2CCC(C(N)=O)CC2)cc1-c1ccc(F)cc1. The number of aryl methyl sites for hydroxylation is 1. The molecule has 1 fully saturated rings. The van der Waals surface area contributed by atoms with Crippen molar-refractivity contribution in [3.63, 3.8) is 0 Å². The van der Waals surface area contributed by atoms with E-state index in [4.69, 9.17) is 5.73 Å². The third kappa shape index (κ3) is 3.33. The van der Waals surface area contributed by atoms with Crippen LogP contribution in [0.15, 0.2) is 30.3 Å². The van der Waals surface area contributed by atoms with Crippen LogP contribution in [0.4, 0.5) is 4.39 Å². The van der Waals surface area contributed by atoms with Crippen molar-refractivity contribution in [3.8, 4) is 11.1 Å². The molecule has 1 aliphatic rings. The van der Waals surface area contributed by atoms with E-state index in [0.717, 1.165) is 16.0 Å². The van der Waals surface area contributed by atoms with Gasteiger partial charge in [0.2, 0.25) is 5.91 Å². The first-order chi connectivity index (χ1) is 11.5. The van der Waals surface area contributed by atoms with Crippen molar-refractivity contribution < 1.29 is 14.0 Å². The highest BCUT2D eigenvalue weighted by molar-refractivity contribution is 7.14. The van der Waals surface area contributed by atoms with E-state index in [2.05, 4.69) is 0 Å². The van der Waals surface area contributed by atoms with E-state index in [9.17, 15) is 14.0 Å². The second-order valence-corrected chi connectivity index (χ2v) is 7.31. The zero-order valence-electron chi connectivity index (χ0n) is 13.4. The van der Waals surface area contributed by atoms with Gasteiger partial charge in [-0.05, 0) is 49.1 Å². The van der Waals surface area contributed by atoms with Crippen molar-refractivity contribution >= 4 is 23.2 Å². The van der Waals surface area contributed by atoms with Gasteiger partial charge in [0.1, 0.15) is 5.82 Å². The number of primary amides is 1. The van der Waals surface area contributed by atoms with Gasteiger partial charge < -0.3 is 10.6 Å². The summed E-state index contributed by atoms with van der Waals surface area (Å²) in [5.41, 5.74) is 7.18. The number of carbonyl (C=O) groups excluding carboxylic acids is 2. The summed E-state index contributed by atoms with van der Waals surface area (Å²) in [6.07, 6.45) is 1.24. The molecular formula is C18H19FN2O2S. The fourth-order valence-electron chi connectivity index (χ4n) is 3.03. The van der Waals surface area contributed by atoms with Crippen LogP contribution in [0.3, 0.4) is 0 Å². The van der Waals surface area contributed by atoms with Crippen LogP contribution >= 0.6 is 11.3 Å². The lowest BCUT2D eigenvalue weighted by molar-refractivity contribution is -0.123. The van der Waals surface area contributed by atoms with Gasteiger partial charge in [0, 0.05) is 23.9 Å². The first-order valence-corrected chi connectivity index (χ1v) is 8.72. The topological polar surface area (TPSA) is 63.4 Å². The molecule has 0 saturated carbocycles. The monoisotopic (exact) mass is 346 g/mol. The number of rotatable bonds is 3. The molecule has 1 saturated heterocycles. The molecule has 0 bridgehead atoms. The molecule has 2 amide bonds. The maximum Gasteiger partial charge on any atom is 0.263 e. The molecule has 1 aromatic carbocycles. The van der Waals surface area contributed by atoms with Gasteiger partial charge in [-0.1, -0.05) is 12.1 Å². The van der Waals surface area contributed by atoms with Crippen molar-refractivity contribution in [1.29, 1.82) is 0 Å². The summed E-state index contributed by atoms with van der Waals surface area (Å²) in [6, 6.07) is 8.15. The normalized spacial score (nSPS) is 15.5. The van der Waals surface area contributed by atoms with E-state index >= 15 is 0 Å². The Morgan fingerprint density at radius 1 is 1.21 bits per heavy atom. The molecule has 3 rings (SSSR count). The molecule has 126 valence electrons. The Kier molecular flexibility index (Phi) is 4.66. The standard InChI is InChI=1S/C18H19FN2O2S/c1-11-15(12-2-4-14(19)5-3-12)10-16(24-11)18(23)21-8-6-13(7-9-21)17(20)22/h2-5,10,13H,6-9H2,1H3,(H2,20,22). The fraction of sp³-hybridized carbons (Fsp3) is 0.333. The van der Waals surface area contributed by atoms with Gasteiger partial charge in [-0.2, -0.15) is 0 Å². The number of hydrogen-bond acceptors (Lipinski definition) is 3. The first kappa shape index (κ1) is 16.6. The van der Waals surface area contributed by atoms with E-state index in [1.807, 2.05) is 13.0 Å². The molecule has 24 heavy (non-hydrogen) atoms. The summed E-state index contributed by atoms with van der Waals surface area (Å²) in [6.45, 7) is 3.06. The third-order valence-corrected chi connectivity index (χ3v) is 5.51. The van der Waals surface area contributed by atoms with E-state index < -0.39 is 0 Å². The number of piperidine rings is 1. The predicted molar refractivity (Wildman–Crippen MR) is 92.3 cm³/mol.